The van der Waals surface area contributed by atoms with E-state index in [4.69, 9.17) is 4.52 Å². The Morgan fingerprint density at radius 1 is 1.20 bits per heavy atom. The minimum atomic E-state index is 0.463. The molecule has 2 N–H and O–H groups in total. The van der Waals surface area contributed by atoms with E-state index < -0.39 is 0 Å². The van der Waals surface area contributed by atoms with E-state index in [-0.39, 0.29) is 0 Å². The van der Waals surface area contributed by atoms with Gasteiger partial charge >= 0.3 is 0 Å². The Hall–Kier alpha value is -2.70. The smallest absolute Gasteiger partial charge is 0.227 e. The number of aryl methyl sites for hydroxylation is 1. The van der Waals surface area contributed by atoms with Crippen molar-refractivity contribution in [2.45, 2.75) is 12.8 Å². The summed E-state index contributed by atoms with van der Waals surface area (Å²) < 4.78 is 5.17. The first-order chi connectivity index (χ1) is 9.92. The number of para-hydroxylation sites is 1. The molecule has 0 radical (unpaired) electrons. The lowest BCUT2D eigenvalue weighted by atomic mass is 10.3. The Kier molecular flexibility index (Phi) is 3.68. The van der Waals surface area contributed by atoms with Gasteiger partial charge in [-0.3, -0.25) is 0 Å². The Bertz CT molecular complexity index is 634. The van der Waals surface area contributed by atoms with Crippen molar-refractivity contribution in [2.75, 3.05) is 11.9 Å². The molecular formula is C13H14N6O. The first-order valence-electron chi connectivity index (χ1n) is 6.39. The van der Waals surface area contributed by atoms with Crippen LogP contribution in [0, 0.1) is 0 Å². The molecule has 0 bridgehead atoms. The van der Waals surface area contributed by atoms with E-state index >= 15 is 0 Å². The molecule has 0 atom stereocenters. The monoisotopic (exact) mass is 270 g/mol. The van der Waals surface area contributed by atoms with Gasteiger partial charge in [-0.2, -0.15) is 20.4 Å². The number of rotatable bonds is 6. The summed E-state index contributed by atoms with van der Waals surface area (Å²) in [6.45, 7) is 0.853. The Morgan fingerprint density at radius 2 is 2.10 bits per heavy atom. The molecule has 3 rings (SSSR count). The van der Waals surface area contributed by atoms with Crippen LogP contribution in [-0.4, -0.2) is 32.1 Å². The highest BCUT2D eigenvalue weighted by molar-refractivity contribution is 5.44. The van der Waals surface area contributed by atoms with Gasteiger partial charge in [0, 0.05) is 18.7 Å². The fourth-order valence-electron chi connectivity index (χ4n) is 1.80. The van der Waals surface area contributed by atoms with Crippen molar-refractivity contribution in [2.24, 2.45) is 0 Å². The minimum Gasteiger partial charge on any atom is -0.385 e. The summed E-state index contributed by atoms with van der Waals surface area (Å²) >= 11 is 0. The van der Waals surface area contributed by atoms with Crippen LogP contribution in [0.25, 0.3) is 11.5 Å². The summed E-state index contributed by atoms with van der Waals surface area (Å²) in [5.41, 5.74) is 1.70. The van der Waals surface area contributed by atoms with Gasteiger partial charge in [-0.15, -0.1) is 0 Å². The van der Waals surface area contributed by atoms with Gasteiger partial charge < -0.3 is 9.84 Å². The van der Waals surface area contributed by atoms with Crippen molar-refractivity contribution >= 4 is 5.69 Å². The van der Waals surface area contributed by atoms with Gasteiger partial charge in [0.05, 0.1) is 6.20 Å². The van der Waals surface area contributed by atoms with Crippen LogP contribution in [0.5, 0.6) is 0 Å². The Morgan fingerprint density at radius 3 is 2.90 bits per heavy atom. The van der Waals surface area contributed by atoms with Gasteiger partial charge in [0.2, 0.25) is 11.7 Å². The van der Waals surface area contributed by atoms with Crippen LogP contribution < -0.4 is 5.32 Å². The first-order valence-corrected chi connectivity index (χ1v) is 6.39. The first kappa shape index (κ1) is 12.3. The maximum Gasteiger partial charge on any atom is 0.227 e. The zero-order valence-electron chi connectivity index (χ0n) is 10.8. The van der Waals surface area contributed by atoms with Crippen LogP contribution in [-0.2, 0) is 6.42 Å². The van der Waals surface area contributed by atoms with Crippen LogP contribution in [0.4, 0.5) is 5.69 Å². The SMILES string of the molecule is c1ccc(NCCCc2nc(-c3cn[nH]n3)no2)cc1. The van der Waals surface area contributed by atoms with Gasteiger partial charge in [-0.05, 0) is 18.6 Å². The van der Waals surface area contributed by atoms with E-state index in [1.165, 1.54) is 0 Å². The standard InChI is InChI=1S/C13H14N6O/c1-2-5-10(6-3-1)14-8-4-7-12-16-13(18-20-12)11-9-15-19-17-11/h1-3,5-6,9,14H,4,7-8H2,(H,15,17,19). The minimum absolute atomic E-state index is 0.463. The number of aromatic nitrogens is 5. The summed E-state index contributed by atoms with van der Waals surface area (Å²) in [6, 6.07) is 10.1. The van der Waals surface area contributed by atoms with Gasteiger partial charge in [0.15, 0.2) is 5.69 Å². The summed E-state index contributed by atoms with van der Waals surface area (Å²) in [7, 11) is 0. The number of aromatic amines is 1. The van der Waals surface area contributed by atoms with Crippen LogP contribution in [0.3, 0.4) is 0 Å². The number of H-pyrrole nitrogens is 1. The molecule has 7 nitrogen and oxygen atoms in total. The molecule has 0 aliphatic carbocycles. The molecule has 1 aromatic carbocycles. The molecule has 20 heavy (non-hydrogen) atoms. The average molecular weight is 270 g/mol. The number of benzene rings is 1. The molecule has 0 saturated carbocycles. The van der Waals surface area contributed by atoms with Crippen molar-refractivity contribution in [1.82, 2.24) is 25.6 Å². The third kappa shape index (κ3) is 3.00. The summed E-state index contributed by atoms with van der Waals surface area (Å²) in [6.07, 6.45) is 3.20. The normalized spacial score (nSPS) is 10.6. The van der Waals surface area contributed by atoms with Crippen LogP contribution in [0.2, 0.25) is 0 Å². The Labute approximate surface area is 115 Å². The number of nitrogens with zero attached hydrogens (tertiary/aromatic N) is 4. The average Bonchev–Trinajstić information content (AvgIpc) is 3.15. The lowest BCUT2D eigenvalue weighted by Crippen LogP contribution is -2.02. The maximum absolute atomic E-state index is 5.17. The van der Waals surface area contributed by atoms with Gasteiger partial charge in [-0.25, -0.2) is 0 Å². The van der Waals surface area contributed by atoms with E-state index in [0.29, 0.717) is 17.4 Å². The maximum atomic E-state index is 5.17. The zero-order valence-corrected chi connectivity index (χ0v) is 10.8. The molecule has 0 spiro atoms. The van der Waals surface area contributed by atoms with Gasteiger partial charge in [0.25, 0.3) is 0 Å². The predicted molar refractivity (Wildman–Crippen MR) is 72.9 cm³/mol. The van der Waals surface area contributed by atoms with Crippen molar-refractivity contribution in [3.63, 3.8) is 0 Å². The topological polar surface area (TPSA) is 92.5 Å². The number of anilines is 1. The van der Waals surface area contributed by atoms with Gasteiger partial charge in [0.1, 0.15) is 0 Å². The van der Waals surface area contributed by atoms with Crippen LogP contribution in [0.1, 0.15) is 12.3 Å². The van der Waals surface area contributed by atoms with Crippen molar-refractivity contribution in [3.05, 3.63) is 42.4 Å². The molecule has 0 aliphatic heterocycles. The third-order valence-corrected chi connectivity index (χ3v) is 2.78. The molecule has 2 aromatic heterocycles. The zero-order chi connectivity index (χ0) is 13.6. The molecule has 0 amide bonds. The highest BCUT2D eigenvalue weighted by atomic mass is 16.5. The lowest BCUT2D eigenvalue weighted by molar-refractivity contribution is 0.377. The van der Waals surface area contributed by atoms with Crippen molar-refractivity contribution in [1.29, 1.82) is 0 Å². The molecule has 0 aliphatic rings. The van der Waals surface area contributed by atoms with E-state index in [1.807, 2.05) is 30.3 Å². The predicted octanol–water partition coefficient (Wildman–Crippen LogP) is 1.90. The third-order valence-electron chi connectivity index (χ3n) is 2.78. The number of hydrogen-bond acceptors (Lipinski definition) is 6. The second kappa shape index (κ2) is 5.96. The molecule has 3 aromatic rings. The Balaban J connectivity index is 1.47. The molecule has 7 heteroatoms. The summed E-state index contributed by atoms with van der Waals surface area (Å²) in [4.78, 5) is 4.27. The summed E-state index contributed by atoms with van der Waals surface area (Å²) in [5, 5.41) is 17.3. The highest BCUT2D eigenvalue weighted by Gasteiger charge is 2.10. The second-order valence-electron chi connectivity index (χ2n) is 4.26. The van der Waals surface area contributed by atoms with E-state index in [2.05, 4.69) is 30.9 Å². The van der Waals surface area contributed by atoms with Crippen molar-refractivity contribution in [3.8, 4) is 11.5 Å². The van der Waals surface area contributed by atoms with E-state index in [0.717, 1.165) is 25.1 Å². The number of nitrogens with one attached hydrogen (secondary N) is 2. The molecule has 0 unspecified atom stereocenters. The van der Waals surface area contributed by atoms with Crippen LogP contribution >= 0.6 is 0 Å². The highest BCUT2D eigenvalue weighted by Crippen LogP contribution is 2.11. The van der Waals surface area contributed by atoms with Crippen molar-refractivity contribution < 1.29 is 4.52 Å². The second-order valence-corrected chi connectivity index (χ2v) is 4.26. The fourth-order valence-corrected chi connectivity index (χ4v) is 1.80. The lowest BCUT2D eigenvalue weighted by Gasteiger charge is -2.03. The molecule has 102 valence electrons. The quantitative estimate of drug-likeness (QED) is 0.664. The molecule has 2 heterocycles. The van der Waals surface area contributed by atoms with E-state index in [1.54, 1.807) is 6.20 Å². The molecular weight excluding hydrogens is 256 g/mol. The number of hydrogen-bond donors (Lipinski definition) is 2. The largest absolute Gasteiger partial charge is 0.385 e. The molecule has 0 fully saturated rings. The van der Waals surface area contributed by atoms with Crippen LogP contribution in [0.15, 0.2) is 41.1 Å². The molecule has 0 saturated heterocycles. The van der Waals surface area contributed by atoms with Gasteiger partial charge in [-0.1, -0.05) is 23.4 Å². The fraction of sp³-hybridized carbons (Fsp3) is 0.231. The summed E-state index contributed by atoms with van der Waals surface area (Å²) in [5.74, 6) is 1.07. The van der Waals surface area contributed by atoms with E-state index in [9.17, 15) is 0 Å².